The Labute approximate surface area is 149 Å². The van der Waals surface area contributed by atoms with Crippen LogP contribution in [0.15, 0.2) is 28.9 Å². The highest BCUT2D eigenvalue weighted by Crippen LogP contribution is 2.13. The first-order chi connectivity index (χ1) is 12.2. The minimum Gasteiger partial charge on any atom is -0.465 e. The normalized spacial score (nSPS) is 16.2. The van der Waals surface area contributed by atoms with Gasteiger partial charge < -0.3 is 13.9 Å². The number of rotatable bonds is 6. The third kappa shape index (κ3) is 4.72. The lowest BCUT2D eigenvalue weighted by molar-refractivity contribution is -0.131. The van der Waals surface area contributed by atoms with Gasteiger partial charge >= 0.3 is 0 Å². The first-order valence-electron chi connectivity index (χ1n) is 9.21. The Morgan fingerprint density at radius 1 is 1.24 bits per heavy atom. The summed E-state index contributed by atoms with van der Waals surface area (Å²) in [5.74, 6) is 3.24. The average Bonchev–Trinajstić information content (AvgIpc) is 3.16. The number of nitrogens with zero attached hydrogens (tertiary/aromatic N) is 4. The van der Waals surface area contributed by atoms with Crippen molar-refractivity contribution in [2.24, 2.45) is 0 Å². The molecule has 0 atom stereocenters. The van der Waals surface area contributed by atoms with Gasteiger partial charge in [0.15, 0.2) is 0 Å². The first-order valence-corrected chi connectivity index (χ1v) is 9.21. The SMILES string of the molecule is CCc1nccn1CCC(=O)N1CCCN(Cc2ccc(C)o2)CC1. The molecule has 3 rings (SSSR count). The Bertz CT molecular complexity index is 691. The number of furan rings is 1. The largest absolute Gasteiger partial charge is 0.465 e. The molecule has 0 unspecified atom stereocenters. The minimum atomic E-state index is 0.242. The molecule has 1 aliphatic rings. The summed E-state index contributed by atoms with van der Waals surface area (Å²) in [4.78, 5) is 21.3. The summed E-state index contributed by atoms with van der Waals surface area (Å²) in [6, 6.07) is 4.04. The predicted octanol–water partition coefficient (Wildman–Crippen LogP) is 2.47. The number of carbonyl (C=O) groups excluding carboxylic acids is 1. The molecule has 2 aromatic rings. The molecule has 0 spiro atoms. The molecule has 0 radical (unpaired) electrons. The van der Waals surface area contributed by atoms with Crippen molar-refractivity contribution in [1.82, 2.24) is 19.4 Å². The molecule has 6 heteroatoms. The van der Waals surface area contributed by atoms with Crippen molar-refractivity contribution in [2.45, 2.75) is 46.2 Å². The van der Waals surface area contributed by atoms with Crippen LogP contribution in [0.5, 0.6) is 0 Å². The fourth-order valence-electron chi connectivity index (χ4n) is 3.40. The van der Waals surface area contributed by atoms with Crippen LogP contribution in [0.4, 0.5) is 0 Å². The van der Waals surface area contributed by atoms with E-state index in [1.54, 1.807) is 0 Å². The highest BCUT2D eigenvalue weighted by molar-refractivity contribution is 5.76. The molecule has 25 heavy (non-hydrogen) atoms. The van der Waals surface area contributed by atoms with Crippen LogP contribution in [0.1, 0.15) is 37.1 Å². The summed E-state index contributed by atoms with van der Waals surface area (Å²) in [5.41, 5.74) is 0. The zero-order valence-corrected chi connectivity index (χ0v) is 15.3. The quantitative estimate of drug-likeness (QED) is 0.808. The van der Waals surface area contributed by atoms with E-state index in [0.29, 0.717) is 13.0 Å². The molecule has 0 bridgehead atoms. The first kappa shape index (κ1) is 17.7. The smallest absolute Gasteiger partial charge is 0.224 e. The van der Waals surface area contributed by atoms with E-state index in [-0.39, 0.29) is 5.91 Å². The van der Waals surface area contributed by atoms with Gasteiger partial charge in [-0.1, -0.05) is 6.92 Å². The van der Waals surface area contributed by atoms with Gasteiger partial charge in [0.25, 0.3) is 0 Å². The lowest BCUT2D eigenvalue weighted by Gasteiger charge is -2.21. The van der Waals surface area contributed by atoms with Crippen LogP contribution in [-0.2, 0) is 24.3 Å². The Morgan fingerprint density at radius 3 is 2.88 bits per heavy atom. The van der Waals surface area contributed by atoms with Crippen molar-refractivity contribution < 1.29 is 9.21 Å². The van der Waals surface area contributed by atoms with Gasteiger partial charge in [-0.2, -0.15) is 0 Å². The van der Waals surface area contributed by atoms with Crippen LogP contribution in [0.3, 0.4) is 0 Å². The topological polar surface area (TPSA) is 54.5 Å². The Morgan fingerprint density at radius 2 is 2.12 bits per heavy atom. The van der Waals surface area contributed by atoms with E-state index in [1.807, 2.05) is 36.4 Å². The molecule has 1 aliphatic heterocycles. The van der Waals surface area contributed by atoms with Gasteiger partial charge in [0.2, 0.25) is 5.91 Å². The van der Waals surface area contributed by atoms with Crippen LogP contribution in [-0.4, -0.2) is 51.4 Å². The van der Waals surface area contributed by atoms with Gasteiger partial charge in [-0.25, -0.2) is 4.98 Å². The number of aromatic nitrogens is 2. The highest BCUT2D eigenvalue weighted by atomic mass is 16.3. The highest BCUT2D eigenvalue weighted by Gasteiger charge is 2.19. The summed E-state index contributed by atoms with van der Waals surface area (Å²) in [5, 5.41) is 0. The molecule has 0 saturated carbocycles. The van der Waals surface area contributed by atoms with E-state index in [0.717, 1.165) is 62.9 Å². The summed E-state index contributed by atoms with van der Waals surface area (Å²) >= 11 is 0. The van der Waals surface area contributed by atoms with Crippen molar-refractivity contribution in [3.05, 3.63) is 41.9 Å². The molecule has 136 valence electrons. The standard InChI is InChI=1S/C19H28N4O2/c1-3-18-20-8-12-22(18)11-7-19(24)23-10-4-9-21(13-14-23)15-17-6-5-16(2)25-17/h5-6,8,12H,3-4,7,9-11,13-15H2,1-2H3. The molecule has 0 aromatic carbocycles. The van der Waals surface area contributed by atoms with Crippen molar-refractivity contribution in [3.63, 3.8) is 0 Å². The minimum absolute atomic E-state index is 0.242. The molecular weight excluding hydrogens is 316 g/mol. The molecule has 0 N–H and O–H groups in total. The number of aryl methyl sites for hydroxylation is 3. The molecule has 1 amide bonds. The summed E-state index contributed by atoms with van der Waals surface area (Å²) in [6.07, 6.45) is 6.22. The van der Waals surface area contributed by atoms with Gasteiger partial charge in [0.05, 0.1) is 6.54 Å². The summed E-state index contributed by atoms with van der Waals surface area (Å²) in [6.45, 7) is 9.14. The molecule has 1 saturated heterocycles. The van der Waals surface area contributed by atoms with E-state index in [4.69, 9.17) is 4.42 Å². The van der Waals surface area contributed by atoms with Crippen molar-refractivity contribution in [2.75, 3.05) is 26.2 Å². The third-order valence-corrected chi connectivity index (χ3v) is 4.80. The van der Waals surface area contributed by atoms with Crippen LogP contribution in [0.2, 0.25) is 0 Å². The summed E-state index contributed by atoms with van der Waals surface area (Å²) in [7, 11) is 0. The van der Waals surface area contributed by atoms with E-state index in [1.165, 1.54) is 0 Å². The zero-order chi connectivity index (χ0) is 17.6. The number of amides is 1. The number of carbonyl (C=O) groups is 1. The molecule has 1 fully saturated rings. The van der Waals surface area contributed by atoms with E-state index >= 15 is 0 Å². The zero-order valence-electron chi connectivity index (χ0n) is 15.3. The number of imidazole rings is 1. The molecule has 0 aliphatic carbocycles. The Kier molecular flexibility index (Phi) is 5.91. The number of hydrogen-bond acceptors (Lipinski definition) is 4. The van der Waals surface area contributed by atoms with Gasteiger partial charge in [-0.05, 0) is 25.5 Å². The Hall–Kier alpha value is -2.08. The fraction of sp³-hybridized carbons (Fsp3) is 0.579. The van der Waals surface area contributed by atoms with Crippen molar-refractivity contribution in [3.8, 4) is 0 Å². The van der Waals surface area contributed by atoms with Crippen molar-refractivity contribution >= 4 is 5.91 Å². The maximum absolute atomic E-state index is 12.6. The van der Waals surface area contributed by atoms with Crippen LogP contribution >= 0.6 is 0 Å². The van der Waals surface area contributed by atoms with E-state index in [2.05, 4.69) is 21.4 Å². The second-order valence-corrected chi connectivity index (χ2v) is 6.66. The summed E-state index contributed by atoms with van der Waals surface area (Å²) < 4.78 is 7.76. The molecule has 2 aromatic heterocycles. The second kappa shape index (κ2) is 8.34. The predicted molar refractivity (Wildman–Crippen MR) is 96.1 cm³/mol. The van der Waals surface area contributed by atoms with Gasteiger partial charge in [-0.3, -0.25) is 9.69 Å². The molecule has 3 heterocycles. The van der Waals surface area contributed by atoms with E-state index < -0.39 is 0 Å². The van der Waals surface area contributed by atoms with Crippen LogP contribution in [0.25, 0.3) is 0 Å². The third-order valence-electron chi connectivity index (χ3n) is 4.80. The van der Waals surface area contributed by atoms with Gasteiger partial charge in [-0.15, -0.1) is 0 Å². The fourth-order valence-corrected chi connectivity index (χ4v) is 3.40. The van der Waals surface area contributed by atoms with Crippen LogP contribution < -0.4 is 0 Å². The average molecular weight is 344 g/mol. The lowest BCUT2D eigenvalue weighted by atomic mass is 10.3. The number of hydrogen-bond donors (Lipinski definition) is 0. The monoisotopic (exact) mass is 344 g/mol. The van der Waals surface area contributed by atoms with Crippen LogP contribution in [0, 0.1) is 6.92 Å². The maximum atomic E-state index is 12.6. The van der Waals surface area contributed by atoms with E-state index in [9.17, 15) is 4.79 Å². The van der Waals surface area contributed by atoms with Gasteiger partial charge in [0.1, 0.15) is 17.3 Å². The van der Waals surface area contributed by atoms with Crippen molar-refractivity contribution in [1.29, 1.82) is 0 Å². The second-order valence-electron chi connectivity index (χ2n) is 6.66. The maximum Gasteiger partial charge on any atom is 0.224 e. The Balaban J connectivity index is 1.47. The molecular formula is C19H28N4O2. The lowest BCUT2D eigenvalue weighted by Crippen LogP contribution is -2.35. The van der Waals surface area contributed by atoms with Gasteiger partial charge in [0, 0.05) is 58.0 Å². The molecule has 6 nitrogen and oxygen atoms in total.